The Bertz CT molecular complexity index is 146. The summed E-state index contributed by atoms with van der Waals surface area (Å²) in [6, 6.07) is 0. The Hall–Kier alpha value is -1.12. The fourth-order valence-corrected chi connectivity index (χ4v) is 0.607. The predicted molar refractivity (Wildman–Crippen MR) is 36.6 cm³/mol. The fraction of sp³-hybridized carbons (Fsp3) is 0.429. The molecule has 0 unspecified atom stereocenters. The summed E-state index contributed by atoms with van der Waals surface area (Å²) in [5, 5.41) is 8.41. The van der Waals surface area contributed by atoms with Crippen LogP contribution in [0.15, 0.2) is 12.7 Å². The number of ketones is 1. The summed E-state index contributed by atoms with van der Waals surface area (Å²) in [4.78, 5) is 20.8. The van der Waals surface area contributed by atoms with Crippen LogP contribution < -0.4 is 0 Å². The third kappa shape index (κ3) is 2.44. The van der Waals surface area contributed by atoms with E-state index < -0.39 is 11.9 Å². The molecule has 0 rings (SSSR count). The molecule has 0 amide bonds. The van der Waals surface area contributed by atoms with Crippen LogP contribution in [0.5, 0.6) is 0 Å². The van der Waals surface area contributed by atoms with Gasteiger partial charge in [-0.15, -0.1) is 6.58 Å². The molecule has 3 heteroatoms. The van der Waals surface area contributed by atoms with Crippen molar-refractivity contribution in [3.8, 4) is 0 Å². The average Bonchev–Trinajstić information content (AvgIpc) is 1.81. The SMILES string of the molecule is C=CC[C@@H](C(C)=O)C(=O)O. The summed E-state index contributed by atoms with van der Waals surface area (Å²) < 4.78 is 0. The maximum Gasteiger partial charge on any atom is 0.314 e. The number of carboxylic acids is 1. The Labute approximate surface area is 59.4 Å². The monoisotopic (exact) mass is 142 g/mol. The fourth-order valence-electron chi connectivity index (χ4n) is 0.607. The number of rotatable bonds is 4. The van der Waals surface area contributed by atoms with Crippen molar-refractivity contribution in [2.75, 3.05) is 0 Å². The smallest absolute Gasteiger partial charge is 0.314 e. The highest BCUT2D eigenvalue weighted by molar-refractivity contribution is 5.96. The van der Waals surface area contributed by atoms with Gasteiger partial charge in [0.25, 0.3) is 0 Å². The molecular weight excluding hydrogens is 132 g/mol. The number of Topliss-reactive ketones (excluding diaryl/α,β-unsaturated/α-hetero) is 1. The van der Waals surface area contributed by atoms with Gasteiger partial charge < -0.3 is 5.11 Å². The molecule has 0 aromatic heterocycles. The van der Waals surface area contributed by atoms with Gasteiger partial charge in [-0.3, -0.25) is 9.59 Å². The average molecular weight is 142 g/mol. The van der Waals surface area contributed by atoms with E-state index in [0.29, 0.717) is 0 Å². The second kappa shape index (κ2) is 3.82. The standard InChI is InChI=1S/C7H10O3/c1-3-4-6(5(2)8)7(9)10/h3,6H,1,4H2,2H3,(H,9,10)/t6-/m0/s1. The molecule has 0 bridgehead atoms. The molecule has 0 aliphatic heterocycles. The van der Waals surface area contributed by atoms with Gasteiger partial charge in [-0.1, -0.05) is 6.08 Å². The largest absolute Gasteiger partial charge is 0.481 e. The van der Waals surface area contributed by atoms with Gasteiger partial charge in [-0.2, -0.15) is 0 Å². The van der Waals surface area contributed by atoms with E-state index in [1.54, 1.807) is 0 Å². The summed E-state index contributed by atoms with van der Waals surface area (Å²) in [6.07, 6.45) is 1.64. The second-order valence-electron chi connectivity index (χ2n) is 2.03. The van der Waals surface area contributed by atoms with Gasteiger partial charge in [-0.25, -0.2) is 0 Å². The van der Waals surface area contributed by atoms with Gasteiger partial charge in [0.1, 0.15) is 11.7 Å². The van der Waals surface area contributed by atoms with Crippen LogP contribution in [0.25, 0.3) is 0 Å². The predicted octanol–water partition coefficient (Wildman–Crippen LogP) is 0.852. The highest BCUT2D eigenvalue weighted by atomic mass is 16.4. The Kier molecular flexibility index (Phi) is 3.39. The lowest BCUT2D eigenvalue weighted by molar-refractivity contribution is -0.145. The molecule has 0 aliphatic carbocycles. The van der Waals surface area contributed by atoms with E-state index in [9.17, 15) is 9.59 Å². The van der Waals surface area contributed by atoms with Gasteiger partial charge in [0.2, 0.25) is 0 Å². The molecule has 1 N–H and O–H groups in total. The number of hydrogen-bond acceptors (Lipinski definition) is 2. The van der Waals surface area contributed by atoms with Crippen LogP contribution in [0.2, 0.25) is 0 Å². The molecule has 10 heavy (non-hydrogen) atoms. The first-order valence-corrected chi connectivity index (χ1v) is 2.93. The first kappa shape index (κ1) is 8.88. The molecule has 1 atom stereocenters. The summed E-state index contributed by atoms with van der Waals surface area (Å²) in [5.41, 5.74) is 0. The number of carbonyl (C=O) groups excluding carboxylic acids is 1. The molecule has 0 fully saturated rings. The van der Waals surface area contributed by atoms with E-state index in [1.165, 1.54) is 13.0 Å². The van der Waals surface area contributed by atoms with Crippen molar-refractivity contribution in [1.82, 2.24) is 0 Å². The second-order valence-corrected chi connectivity index (χ2v) is 2.03. The summed E-state index contributed by atoms with van der Waals surface area (Å²) in [6.45, 7) is 4.62. The van der Waals surface area contributed by atoms with E-state index in [0.717, 1.165) is 0 Å². The first-order chi connectivity index (χ1) is 4.59. The lowest BCUT2D eigenvalue weighted by atomic mass is 10.0. The van der Waals surface area contributed by atoms with Crippen LogP contribution in [-0.2, 0) is 9.59 Å². The van der Waals surface area contributed by atoms with E-state index in [4.69, 9.17) is 5.11 Å². The number of aliphatic carboxylic acids is 1. The summed E-state index contributed by atoms with van der Waals surface area (Å²) in [7, 11) is 0. The van der Waals surface area contributed by atoms with E-state index in [1.807, 2.05) is 0 Å². The lowest BCUT2D eigenvalue weighted by Gasteiger charge is -2.02. The Balaban J connectivity index is 4.11. The minimum absolute atomic E-state index is 0.213. The zero-order valence-corrected chi connectivity index (χ0v) is 5.83. The van der Waals surface area contributed by atoms with E-state index >= 15 is 0 Å². The zero-order valence-electron chi connectivity index (χ0n) is 5.83. The third-order valence-electron chi connectivity index (χ3n) is 1.19. The van der Waals surface area contributed by atoms with Crippen molar-refractivity contribution in [2.24, 2.45) is 5.92 Å². The Morgan fingerprint density at radius 1 is 1.70 bits per heavy atom. The number of hydrogen-bond donors (Lipinski definition) is 1. The van der Waals surface area contributed by atoms with Crippen LogP contribution in [0, 0.1) is 5.92 Å². The topological polar surface area (TPSA) is 54.4 Å². The first-order valence-electron chi connectivity index (χ1n) is 2.93. The molecule has 0 radical (unpaired) electrons. The highest BCUT2D eigenvalue weighted by Gasteiger charge is 2.19. The summed E-state index contributed by atoms with van der Waals surface area (Å²) >= 11 is 0. The van der Waals surface area contributed by atoms with Gasteiger partial charge in [0, 0.05) is 0 Å². The van der Waals surface area contributed by atoms with Crippen LogP contribution >= 0.6 is 0 Å². The molecule has 0 saturated heterocycles. The maximum atomic E-state index is 10.5. The quantitative estimate of drug-likeness (QED) is 0.467. The molecule has 0 spiro atoms. The van der Waals surface area contributed by atoms with Crippen molar-refractivity contribution in [2.45, 2.75) is 13.3 Å². The molecular formula is C7H10O3. The molecule has 0 aliphatic rings. The van der Waals surface area contributed by atoms with Crippen molar-refractivity contribution in [1.29, 1.82) is 0 Å². The van der Waals surface area contributed by atoms with Crippen molar-refractivity contribution in [3.63, 3.8) is 0 Å². The van der Waals surface area contributed by atoms with Crippen molar-refractivity contribution < 1.29 is 14.7 Å². The van der Waals surface area contributed by atoms with Crippen LogP contribution in [0.1, 0.15) is 13.3 Å². The number of carboxylic acid groups (broad SMARTS) is 1. The van der Waals surface area contributed by atoms with Crippen LogP contribution in [-0.4, -0.2) is 16.9 Å². The molecule has 0 heterocycles. The summed E-state index contributed by atoms with van der Waals surface area (Å²) in [5.74, 6) is -2.31. The maximum absolute atomic E-state index is 10.5. The van der Waals surface area contributed by atoms with Crippen molar-refractivity contribution >= 4 is 11.8 Å². The molecule has 0 aromatic rings. The minimum Gasteiger partial charge on any atom is -0.481 e. The number of allylic oxidation sites excluding steroid dienone is 1. The minimum atomic E-state index is -1.08. The molecule has 0 aromatic carbocycles. The van der Waals surface area contributed by atoms with Gasteiger partial charge in [-0.05, 0) is 13.3 Å². The van der Waals surface area contributed by atoms with Gasteiger partial charge in [0.05, 0.1) is 0 Å². The van der Waals surface area contributed by atoms with Crippen molar-refractivity contribution in [3.05, 3.63) is 12.7 Å². The van der Waals surface area contributed by atoms with E-state index in [2.05, 4.69) is 6.58 Å². The Morgan fingerprint density at radius 2 is 2.20 bits per heavy atom. The Morgan fingerprint density at radius 3 is 2.30 bits per heavy atom. The molecule has 3 nitrogen and oxygen atoms in total. The molecule has 56 valence electrons. The van der Waals surface area contributed by atoms with Crippen LogP contribution in [0.3, 0.4) is 0 Å². The zero-order chi connectivity index (χ0) is 8.15. The van der Waals surface area contributed by atoms with Gasteiger partial charge in [0.15, 0.2) is 0 Å². The third-order valence-corrected chi connectivity index (χ3v) is 1.19. The van der Waals surface area contributed by atoms with Gasteiger partial charge >= 0.3 is 5.97 Å². The lowest BCUT2D eigenvalue weighted by Crippen LogP contribution is -2.20. The van der Waals surface area contributed by atoms with E-state index in [-0.39, 0.29) is 12.2 Å². The van der Waals surface area contributed by atoms with Crippen LogP contribution in [0.4, 0.5) is 0 Å². The highest BCUT2D eigenvalue weighted by Crippen LogP contribution is 2.04. The number of carbonyl (C=O) groups is 2. The molecule has 0 saturated carbocycles. The normalized spacial score (nSPS) is 12.1.